The Balaban J connectivity index is 2.32. The highest BCUT2D eigenvalue weighted by molar-refractivity contribution is 7.91. The molecule has 4 nitrogen and oxygen atoms in total. The molecule has 0 aromatic heterocycles. The van der Waals surface area contributed by atoms with Gasteiger partial charge in [-0.25, -0.2) is 8.42 Å². The molecule has 0 spiro atoms. The standard InChI is InChI=1S/C16H25BO4S/c1-7-10-22(18,19)14-9-8-13(11-12(14)2)17-20-15(3,4)16(5,6)21-17/h8-9,11H,7,10H2,1-6H3. The van der Waals surface area contributed by atoms with E-state index in [0.29, 0.717) is 11.3 Å². The summed E-state index contributed by atoms with van der Waals surface area (Å²) in [6, 6.07) is 5.31. The normalized spacial score (nSPS) is 20.4. The third kappa shape index (κ3) is 3.10. The largest absolute Gasteiger partial charge is 0.494 e. The summed E-state index contributed by atoms with van der Waals surface area (Å²) in [5, 5.41) is 0. The second kappa shape index (κ2) is 5.66. The van der Waals surface area contributed by atoms with Crippen LogP contribution < -0.4 is 5.46 Å². The molecular weight excluding hydrogens is 299 g/mol. The molecular formula is C16H25BO4S. The SMILES string of the molecule is CCCS(=O)(=O)c1ccc(B2OC(C)(C)C(C)(C)O2)cc1C. The number of rotatable bonds is 4. The molecule has 0 bridgehead atoms. The first kappa shape index (κ1) is 17.5. The highest BCUT2D eigenvalue weighted by Crippen LogP contribution is 2.36. The van der Waals surface area contributed by atoms with E-state index >= 15 is 0 Å². The van der Waals surface area contributed by atoms with E-state index in [9.17, 15) is 8.42 Å². The molecule has 0 atom stereocenters. The monoisotopic (exact) mass is 324 g/mol. The number of benzene rings is 1. The Morgan fingerprint density at radius 1 is 1.09 bits per heavy atom. The molecule has 1 heterocycles. The lowest BCUT2D eigenvalue weighted by Crippen LogP contribution is -2.41. The van der Waals surface area contributed by atoms with Crippen molar-refractivity contribution >= 4 is 22.4 Å². The molecule has 0 N–H and O–H groups in total. The van der Waals surface area contributed by atoms with Crippen LogP contribution >= 0.6 is 0 Å². The van der Waals surface area contributed by atoms with Crippen LogP contribution in [0.15, 0.2) is 23.1 Å². The van der Waals surface area contributed by atoms with Crippen LogP contribution in [0.3, 0.4) is 0 Å². The number of aryl methyl sites for hydroxylation is 1. The lowest BCUT2D eigenvalue weighted by molar-refractivity contribution is 0.00578. The zero-order valence-corrected chi connectivity index (χ0v) is 15.1. The van der Waals surface area contributed by atoms with Gasteiger partial charge in [-0.05, 0) is 58.1 Å². The third-order valence-electron chi connectivity index (χ3n) is 4.53. The molecule has 1 aliphatic rings. The van der Waals surface area contributed by atoms with Crippen molar-refractivity contribution in [1.82, 2.24) is 0 Å². The van der Waals surface area contributed by atoms with Gasteiger partial charge >= 0.3 is 7.12 Å². The molecule has 1 saturated heterocycles. The zero-order valence-electron chi connectivity index (χ0n) is 14.3. The Morgan fingerprint density at radius 2 is 1.64 bits per heavy atom. The highest BCUT2D eigenvalue weighted by Gasteiger charge is 2.51. The second-order valence-electron chi connectivity index (χ2n) is 6.93. The van der Waals surface area contributed by atoms with Gasteiger partial charge in [0.25, 0.3) is 0 Å². The molecule has 0 unspecified atom stereocenters. The fraction of sp³-hybridized carbons (Fsp3) is 0.625. The first-order valence-corrected chi connectivity index (χ1v) is 9.34. The number of hydrogen-bond donors (Lipinski definition) is 0. The van der Waals surface area contributed by atoms with Crippen molar-refractivity contribution in [3.8, 4) is 0 Å². The van der Waals surface area contributed by atoms with Crippen LogP contribution in [0.2, 0.25) is 0 Å². The van der Waals surface area contributed by atoms with Gasteiger partial charge in [0.1, 0.15) is 0 Å². The molecule has 0 amide bonds. The van der Waals surface area contributed by atoms with Gasteiger partial charge in [0.2, 0.25) is 0 Å². The first-order chi connectivity index (χ1) is 10.00. The van der Waals surface area contributed by atoms with E-state index in [0.717, 1.165) is 11.0 Å². The summed E-state index contributed by atoms with van der Waals surface area (Å²) in [5.74, 6) is 0.170. The van der Waals surface area contributed by atoms with Crippen molar-refractivity contribution in [2.24, 2.45) is 0 Å². The van der Waals surface area contributed by atoms with Gasteiger partial charge in [0, 0.05) is 0 Å². The van der Waals surface area contributed by atoms with Crippen LogP contribution in [-0.2, 0) is 19.1 Å². The molecule has 2 rings (SSSR count). The summed E-state index contributed by atoms with van der Waals surface area (Å²) in [4.78, 5) is 0.398. The third-order valence-corrected chi connectivity index (χ3v) is 6.61. The highest BCUT2D eigenvalue weighted by atomic mass is 32.2. The molecule has 1 fully saturated rings. The van der Waals surface area contributed by atoms with Gasteiger partial charge in [0.15, 0.2) is 9.84 Å². The topological polar surface area (TPSA) is 52.6 Å². The molecule has 0 aliphatic carbocycles. The van der Waals surface area contributed by atoms with Crippen LogP contribution in [0.4, 0.5) is 0 Å². The Hall–Kier alpha value is -0.845. The van der Waals surface area contributed by atoms with Crippen LogP contribution in [0.25, 0.3) is 0 Å². The number of hydrogen-bond acceptors (Lipinski definition) is 4. The summed E-state index contributed by atoms with van der Waals surface area (Å²) >= 11 is 0. The minimum Gasteiger partial charge on any atom is -0.399 e. The lowest BCUT2D eigenvalue weighted by atomic mass is 9.78. The van der Waals surface area contributed by atoms with E-state index in [-0.39, 0.29) is 5.75 Å². The van der Waals surface area contributed by atoms with E-state index in [1.807, 2.05) is 47.6 Å². The summed E-state index contributed by atoms with van der Waals surface area (Å²) in [7, 11) is -3.67. The molecule has 0 saturated carbocycles. The van der Waals surface area contributed by atoms with Gasteiger partial charge in [-0.1, -0.05) is 19.1 Å². The smallest absolute Gasteiger partial charge is 0.399 e. The van der Waals surface area contributed by atoms with Crippen molar-refractivity contribution in [2.75, 3.05) is 5.75 Å². The molecule has 122 valence electrons. The average molecular weight is 324 g/mol. The Morgan fingerprint density at radius 3 is 2.09 bits per heavy atom. The van der Waals surface area contributed by atoms with Gasteiger partial charge in [0.05, 0.1) is 21.9 Å². The Kier molecular flexibility index (Phi) is 4.50. The maximum atomic E-state index is 12.2. The summed E-state index contributed by atoms with van der Waals surface area (Å²) in [6.45, 7) is 11.7. The maximum absolute atomic E-state index is 12.2. The molecule has 6 heteroatoms. The predicted octanol–water partition coefficient (Wildman–Crippen LogP) is 2.48. The van der Waals surface area contributed by atoms with Crippen molar-refractivity contribution in [3.05, 3.63) is 23.8 Å². The van der Waals surface area contributed by atoms with Crippen LogP contribution in [0.5, 0.6) is 0 Å². The predicted molar refractivity (Wildman–Crippen MR) is 89.2 cm³/mol. The van der Waals surface area contributed by atoms with Gasteiger partial charge < -0.3 is 9.31 Å². The summed E-state index contributed by atoms with van der Waals surface area (Å²) in [5.41, 5.74) is 0.782. The van der Waals surface area contributed by atoms with Crippen LogP contribution in [0, 0.1) is 6.92 Å². The summed E-state index contributed by atoms with van der Waals surface area (Å²) < 4.78 is 36.5. The minimum atomic E-state index is -3.21. The fourth-order valence-corrected chi connectivity index (χ4v) is 4.11. The molecule has 0 radical (unpaired) electrons. The second-order valence-corrected chi connectivity index (χ2v) is 9.01. The average Bonchev–Trinajstić information content (AvgIpc) is 2.58. The number of sulfone groups is 1. The van der Waals surface area contributed by atoms with Crippen molar-refractivity contribution < 1.29 is 17.7 Å². The van der Waals surface area contributed by atoms with Gasteiger partial charge in [-0.3, -0.25) is 0 Å². The first-order valence-electron chi connectivity index (χ1n) is 7.69. The summed E-state index contributed by atoms with van der Waals surface area (Å²) in [6.07, 6.45) is 0.612. The van der Waals surface area contributed by atoms with Crippen LogP contribution in [-0.4, -0.2) is 32.5 Å². The van der Waals surface area contributed by atoms with Crippen molar-refractivity contribution in [1.29, 1.82) is 0 Å². The Bertz CT molecular complexity index is 649. The maximum Gasteiger partial charge on any atom is 0.494 e. The van der Waals surface area contributed by atoms with Crippen LogP contribution in [0.1, 0.15) is 46.6 Å². The zero-order chi connectivity index (χ0) is 16.8. The van der Waals surface area contributed by atoms with Crippen molar-refractivity contribution in [2.45, 2.75) is 64.1 Å². The van der Waals surface area contributed by atoms with Crippen molar-refractivity contribution in [3.63, 3.8) is 0 Å². The molecule has 22 heavy (non-hydrogen) atoms. The lowest BCUT2D eigenvalue weighted by Gasteiger charge is -2.32. The molecule has 1 aromatic rings. The minimum absolute atomic E-state index is 0.170. The van der Waals surface area contributed by atoms with E-state index in [1.54, 1.807) is 12.1 Å². The van der Waals surface area contributed by atoms with Gasteiger partial charge in [-0.15, -0.1) is 0 Å². The van der Waals surface area contributed by atoms with E-state index < -0.39 is 28.2 Å². The fourth-order valence-electron chi connectivity index (χ4n) is 2.53. The van der Waals surface area contributed by atoms with Gasteiger partial charge in [-0.2, -0.15) is 0 Å². The Labute approximate surface area is 134 Å². The molecule has 1 aromatic carbocycles. The molecule has 1 aliphatic heterocycles. The van der Waals surface area contributed by atoms with E-state index in [4.69, 9.17) is 9.31 Å². The van der Waals surface area contributed by atoms with E-state index in [2.05, 4.69) is 0 Å². The van der Waals surface area contributed by atoms with E-state index in [1.165, 1.54) is 0 Å². The quantitative estimate of drug-likeness (QED) is 0.799.